The first-order valence-corrected chi connectivity index (χ1v) is 5.44. The number of carboxylic acids is 2. The number of hydrogen-bond donors (Lipinski definition) is 4. The summed E-state index contributed by atoms with van der Waals surface area (Å²) >= 11 is 0. The fourth-order valence-corrected chi connectivity index (χ4v) is 1.38. The Bertz CT molecular complexity index is 481. The van der Waals surface area contributed by atoms with Crippen LogP contribution in [0, 0.1) is 0 Å². The highest BCUT2D eigenvalue weighted by atomic mass is 16.4. The van der Waals surface area contributed by atoms with Crippen molar-refractivity contribution in [1.82, 2.24) is 5.32 Å². The van der Waals surface area contributed by atoms with Gasteiger partial charge in [-0.2, -0.15) is 0 Å². The Balaban J connectivity index is 2.68. The molecule has 0 bridgehead atoms. The summed E-state index contributed by atoms with van der Waals surface area (Å²) in [7, 11) is 0. The zero-order valence-electron chi connectivity index (χ0n) is 9.87. The van der Waals surface area contributed by atoms with Gasteiger partial charge in [-0.25, -0.2) is 4.79 Å². The minimum atomic E-state index is -1.30. The van der Waals surface area contributed by atoms with Crippen molar-refractivity contribution in [2.24, 2.45) is 0 Å². The molecule has 0 aliphatic carbocycles. The normalized spacial score (nSPS) is 11.6. The molecule has 1 aromatic carbocycles. The number of phenolic OH excluding ortho intramolecular Hbond substituents is 1. The fraction of sp³-hybridized carbons (Fsp3) is 0.250. The number of phenols is 1. The van der Waals surface area contributed by atoms with Crippen molar-refractivity contribution in [1.29, 1.82) is 0 Å². The maximum absolute atomic E-state index is 11.7. The van der Waals surface area contributed by atoms with Crippen LogP contribution in [0.3, 0.4) is 0 Å². The van der Waals surface area contributed by atoms with E-state index in [2.05, 4.69) is 5.32 Å². The molecule has 1 atom stereocenters. The summed E-state index contributed by atoms with van der Waals surface area (Å²) in [5.74, 6) is -3.09. The van der Waals surface area contributed by atoms with Gasteiger partial charge in [0, 0.05) is 12.0 Å². The van der Waals surface area contributed by atoms with Crippen molar-refractivity contribution in [2.75, 3.05) is 0 Å². The van der Waals surface area contributed by atoms with Crippen LogP contribution in [0.15, 0.2) is 24.3 Å². The standard InChI is InChI=1S/C12H13NO6/c14-8-3-1-7(2-4-8)11(17)13-9(12(18)19)5-6-10(15)16/h1-4,9,14H,5-6H2,(H,13,17)(H,15,16)(H,18,19)/t9-/m1/s1. The Labute approximate surface area is 108 Å². The van der Waals surface area contributed by atoms with E-state index in [1.807, 2.05) is 0 Å². The molecule has 4 N–H and O–H groups in total. The summed E-state index contributed by atoms with van der Waals surface area (Å²) in [6, 6.07) is 3.99. The van der Waals surface area contributed by atoms with Crippen LogP contribution in [0.4, 0.5) is 0 Å². The van der Waals surface area contributed by atoms with Gasteiger partial charge >= 0.3 is 11.9 Å². The lowest BCUT2D eigenvalue weighted by Gasteiger charge is -2.13. The minimum Gasteiger partial charge on any atom is -0.508 e. The lowest BCUT2D eigenvalue weighted by molar-refractivity contribution is -0.140. The molecular formula is C12H13NO6. The summed E-state index contributed by atoms with van der Waals surface area (Å²) in [4.78, 5) is 33.0. The molecule has 1 rings (SSSR count). The van der Waals surface area contributed by atoms with E-state index >= 15 is 0 Å². The van der Waals surface area contributed by atoms with Crippen LogP contribution < -0.4 is 5.32 Å². The largest absolute Gasteiger partial charge is 0.508 e. The molecule has 7 nitrogen and oxygen atoms in total. The smallest absolute Gasteiger partial charge is 0.326 e. The Morgan fingerprint density at radius 2 is 1.68 bits per heavy atom. The molecule has 0 aliphatic rings. The Hall–Kier alpha value is -2.57. The average Bonchev–Trinajstić information content (AvgIpc) is 2.34. The van der Waals surface area contributed by atoms with Crippen LogP contribution in [-0.2, 0) is 9.59 Å². The van der Waals surface area contributed by atoms with E-state index in [1.165, 1.54) is 24.3 Å². The Morgan fingerprint density at radius 1 is 1.11 bits per heavy atom. The van der Waals surface area contributed by atoms with E-state index < -0.39 is 23.9 Å². The second-order valence-electron chi connectivity index (χ2n) is 3.84. The molecule has 0 spiro atoms. The van der Waals surface area contributed by atoms with Crippen molar-refractivity contribution in [3.05, 3.63) is 29.8 Å². The molecular weight excluding hydrogens is 254 g/mol. The predicted molar refractivity (Wildman–Crippen MR) is 63.9 cm³/mol. The van der Waals surface area contributed by atoms with Gasteiger partial charge in [0.05, 0.1) is 0 Å². The molecule has 19 heavy (non-hydrogen) atoms. The minimum absolute atomic E-state index is 0.0165. The number of carboxylic acid groups (broad SMARTS) is 2. The summed E-state index contributed by atoms with van der Waals surface area (Å²) in [6.45, 7) is 0. The van der Waals surface area contributed by atoms with Gasteiger partial charge in [0.2, 0.25) is 0 Å². The van der Waals surface area contributed by atoms with Crippen molar-refractivity contribution in [3.8, 4) is 5.75 Å². The second kappa shape index (κ2) is 6.39. The van der Waals surface area contributed by atoms with Crippen molar-refractivity contribution < 1.29 is 29.7 Å². The van der Waals surface area contributed by atoms with E-state index in [0.717, 1.165) is 0 Å². The monoisotopic (exact) mass is 267 g/mol. The third-order valence-electron chi connectivity index (χ3n) is 2.38. The zero-order valence-corrected chi connectivity index (χ0v) is 9.87. The van der Waals surface area contributed by atoms with Crippen molar-refractivity contribution in [3.63, 3.8) is 0 Å². The molecule has 0 saturated carbocycles. The zero-order chi connectivity index (χ0) is 14.4. The molecule has 0 aromatic heterocycles. The van der Waals surface area contributed by atoms with E-state index in [1.54, 1.807) is 0 Å². The lowest BCUT2D eigenvalue weighted by Crippen LogP contribution is -2.41. The summed E-state index contributed by atoms with van der Waals surface area (Å²) in [5.41, 5.74) is 0.180. The highest BCUT2D eigenvalue weighted by Gasteiger charge is 2.21. The van der Waals surface area contributed by atoms with E-state index in [4.69, 9.17) is 15.3 Å². The number of carbonyl (C=O) groups excluding carboxylic acids is 1. The maximum Gasteiger partial charge on any atom is 0.326 e. The van der Waals surface area contributed by atoms with E-state index in [-0.39, 0.29) is 24.2 Å². The van der Waals surface area contributed by atoms with Crippen LogP contribution >= 0.6 is 0 Å². The molecule has 0 saturated heterocycles. The SMILES string of the molecule is O=C(O)CC[C@@H](NC(=O)c1ccc(O)cc1)C(=O)O. The van der Waals surface area contributed by atoms with Gasteiger partial charge in [0.25, 0.3) is 5.91 Å². The molecule has 0 heterocycles. The highest BCUT2D eigenvalue weighted by Crippen LogP contribution is 2.10. The Morgan fingerprint density at radius 3 is 2.16 bits per heavy atom. The van der Waals surface area contributed by atoms with E-state index in [9.17, 15) is 14.4 Å². The Kier molecular flexibility index (Phi) is 4.87. The van der Waals surface area contributed by atoms with Gasteiger partial charge in [-0.1, -0.05) is 0 Å². The summed E-state index contributed by atoms with van der Waals surface area (Å²) < 4.78 is 0. The van der Waals surface area contributed by atoms with Gasteiger partial charge in [0.1, 0.15) is 11.8 Å². The molecule has 0 aliphatic heterocycles. The number of carbonyl (C=O) groups is 3. The number of nitrogens with one attached hydrogen (secondary N) is 1. The molecule has 102 valence electrons. The van der Waals surface area contributed by atoms with Crippen LogP contribution in [0.25, 0.3) is 0 Å². The van der Waals surface area contributed by atoms with Crippen LogP contribution in [0.5, 0.6) is 5.75 Å². The third kappa shape index (κ3) is 4.66. The molecule has 1 amide bonds. The molecule has 0 unspecified atom stereocenters. The predicted octanol–water partition coefficient (Wildman–Crippen LogP) is 0.440. The van der Waals surface area contributed by atoms with Crippen LogP contribution in [-0.4, -0.2) is 39.2 Å². The van der Waals surface area contributed by atoms with Gasteiger partial charge in [-0.3, -0.25) is 9.59 Å². The second-order valence-corrected chi connectivity index (χ2v) is 3.84. The van der Waals surface area contributed by atoms with Crippen LogP contribution in [0.1, 0.15) is 23.2 Å². The highest BCUT2D eigenvalue weighted by molar-refractivity contribution is 5.96. The molecule has 7 heteroatoms. The van der Waals surface area contributed by atoms with Gasteiger partial charge in [-0.15, -0.1) is 0 Å². The van der Waals surface area contributed by atoms with E-state index in [0.29, 0.717) is 0 Å². The summed E-state index contributed by atoms with van der Waals surface area (Å²) in [5, 5.41) is 28.7. The number of amides is 1. The maximum atomic E-state index is 11.7. The number of rotatable bonds is 6. The van der Waals surface area contributed by atoms with Gasteiger partial charge in [0.15, 0.2) is 0 Å². The number of benzene rings is 1. The first kappa shape index (κ1) is 14.5. The first-order valence-electron chi connectivity index (χ1n) is 5.44. The van der Waals surface area contributed by atoms with Crippen molar-refractivity contribution in [2.45, 2.75) is 18.9 Å². The number of hydrogen-bond acceptors (Lipinski definition) is 4. The lowest BCUT2D eigenvalue weighted by atomic mass is 10.1. The fourth-order valence-electron chi connectivity index (χ4n) is 1.38. The molecule has 0 radical (unpaired) electrons. The van der Waals surface area contributed by atoms with Gasteiger partial charge in [-0.05, 0) is 30.7 Å². The topological polar surface area (TPSA) is 124 Å². The van der Waals surface area contributed by atoms with Gasteiger partial charge < -0.3 is 20.6 Å². The third-order valence-corrected chi connectivity index (χ3v) is 2.38. The number of aliphatic carboxylic acids is 2. The average molecular weight is 267 g/mol. The quantitative estimate of drug-likeness (QED) is 0.593. The number of aromatic hydroxyl groups is 1. The van der Waals surface area contributed by atoms with Crippen LogP contribution in [0.2, 0.25) is 0 Å². The molecule has 0 fully saturated rings. The molecule has 1 aromatic rings. The first-order chi connectivity index (χ1) is 8.90. The van der Waals surface area contributed by atoms with Crippen molar-refractivity contribution >= 4 is 17.8 Å². The summed E-state index contributed by atoms with van der Waals surface area (Å²) in [6.07, 6.45) is -0.554.